The lowest BCUT2D eigenvalue weighted by molar-refractivity contribution is -0.194. The van der Waals surface area contributed by atoms with E-state index >= 15 is 0 Å². The SMILES string of the molecule is CC1(C)OC(=O)C(C)(C)OC(C)(C)C(=O)NC1=O. The van der Waals surface area contributed by atoms with Gasteiger partial charge >= 0.3 is 5.97 Å². The Morgan fingerprint density at radius 3 is 1.72 bits per heavy atom. The van der Waals surface area contributed by atoms with Gasteiger partial charge in [0.05, 0.1) is 0 Å². The van der Waals surface area contributed by atoms with Gasteiger partial charge in [0, 0.05) is 0 Å². The molecule has 1 fully saturated rings. The van der Waals surface area contributed by atoms with E-state index in [1.165, 1.54) is 41.5 Å². The van der Waals surface area contributed by atoms with Gasteiger partial charge in [0.15, 0.2) is 11.2 Å². The third-order valence-corrected chi connectivity index (χ3v) is 2.67. The van der Waals surface area contributed by atoms with Gasteiger partial charge in [-0.3, -0.25) is 14.9 Å². The van der Waals surface area contributed by atoms with Crippen molar-refractivity contribution in [1.29, 1.82) is 0 Å². The first kappa shape index (κ1) is 14.6. The molecular formula is C12H19NO5. The fourth-order valence-electron chi connectivity index (χ4n) is 1.53. The molecule has 1 rings (SSSR count). The van der Waals surface area contributed by atoms with Gasteiger partial charge in [-0.05, 0) is 41.5 Å². The summed E-state index contributed by atoms with van der Waals surface area (Å²) in [5.74, 6) is -1.97. The van der Waals surface area contributed by atoms with Crippen LogP contribution in [0, 0.1) is 0 Å². The number of cyclic esters (lactones) is 1. The number of ether oxygens (including phenoxy) is 2. The van der Waals surface area contributed by atoms with Crippen LogP contribution in [-0.4, -0.2) is 34.6 Å². The van der Waals surface area contributed by atoms with E-state index in [4.69, 9.17) is 9.47 Å². The standard InChI is InChI=1S/C12H19NO5/c1-10(2)7(14)13-8(15)11(3,4)18-12(5,6)9(16)17-10/h1-6H3,(H,13,14,15). The highest BCUT2D eigenvalue weighted by Crippen LogP contribution is 2.26. The van der Waals surface area contributed by atoms with Crippen molar-refractivity contribution in [2.24, 2.45) is 0 Å². The molecular weight excluding hydrogens is 238 g/mol. The van der Waals surface area contributed by atoms with Crippen molar-refractivity contribution in [3.63, 3.8) is 0 Å². The number of rotatable bonds is 0. The monoisotopic (exact) mass is 257 g/mol. The van der Waals surface area contributed by atoms with Crippen LogP contribution in [0.15, 0.2) is 0 Å². The van der Waals surface area contributed by atoms with Gasteiger partial charge in [0.25, 0.3) is 11.8 Å². The molecule has 1 aliphatic heterocycles. The number of carbonyl (C=O) groups is 3. The van der Waals surface area contributed by atoms with Crippen molar-refractivity contribution in [2.45, 2.75) is 58.3 Å². The summed E-state index contributed by atoms with van der Waals surface area (Å²) < 4.78 is 10.6. The molecule has 0 unspecified atom stereocenters. The Morgan fingerprint density at radius 2 is 1.22 bits per heavy atom. The maximum atomic E-state index is 12.0. The molecule has 102 valence electrons. The Morgan fingerprint density at radius 1 is 0.778 bits per heavy atom. The van der Waals surface area contributed by atoms with Crippen molar-refractivity contribution in [3.05, 3.63) is 0 Å². The molecule has 6 nitrogen and oxygen atoms in total. The molecule has 2 amide bonds. The number of hydrogen-bond donors (Lipinski definition) is 1. The van der Waals surface area contributed by atoms with Gasteiger partial charge in [-0.1, -0.05) is 0 Å². The van der Waals surface area contributed by atoms with Gasteiger partial charge in [0.2, 0.25) is 0 Å². The first-order valence-electron chi connectivity index (χ1n) is 5.68. The van der Waals surface area contributed by atoms with Gasteiger partial charge in [-0.15, -0.1) is 0 Å². The Kier molecular flexibility index (Phi) is 3.29. The van der Waals surface area contributed by atoms with Crippen molar-refractivity contribution in [1.82, 2.24) is 5.32 Å². The molecule has 0 aromatic rings. The molecule has 1 aliphatic rings. The van der Waals surface area contributed by atoms with Crippen LogP contribution in [0.4, 0.5) is 0 Å². The summed E-state index contributed by atoms with van der Waals surface area (Å²) in [6.07, 6.45) is 0. The fourth-order valence-corrected chi connectivity index (χ4v) is 1.53. The van der Waals surface area contributed by atoms with Crippen LogP contribution in [0.25, 0.3) is 0 Å². The minimum Gasteiger partial charge on any atom is -0.447 e. The summed E-state index contributed by atoms with van der Waals surface area (Å²) >= 11 is 0. The third-order valence-electron chi connectivity index (χ3n) is 2.67. The van der Waals surface area contributed by atoms with Crippen molar-refractivity contribution >= 4 is 17.8 Å². The largest absolute Gasteiger partial charge is 0.447 e. The Bertz CT molecular complexity index is 409. The number of esters is 1. The highest BCUT2D eigenvalue weighted by Gasteiger charge is 2.47. The molecule has 0 spiro atoms. The second kappa shape index (κ2) is 4.05. The van der Waals surface area contributed by atoms with Crippen molar-refractivity contribution in [2.75, 3.05) is 0 Å². The van der Waals surface area contributed by atoms with Crippen molar-refractivity contribution < 1.29 is 23.9 Å². The van der Waals surface area contributed by atoms with E-state index in [1.54, 1.807) is 0 Å². The van der Waals surface area contributed by atoms with E-state index < -0.39 is 34.6 Å². The highest BCUT2D eigenvalue weighted by molar-refractivity contribution is 6.03. The summed E-state index contributed by atoms with van der Waals surface area (Å²) in [5, 5.41) is 2.18. The van der Waals surface area contributed by atoms with E-state index in [0.29, 0.717) is 0 Å². The van der Waals surface area contributed by atoms with E-state index in [-0.39, 0.29) is 0 Å². The molecule has 18 heavy (non-hydrogen) atoms. The topological polar surface area (TPSA) is 81.7 Å². The summed E-state index contributed by atoms with van der Waals surface area (Å²) in [4.78, 5) is 35.7. The molecule has 0 aromatic heterocycles. The number of carbonyl (C=O) groups excluding carboxylic acids is 3. The third kappa shape index (κ3) is 2.69. The molecule has 0 aliphatic carbocycles. The van der Waals surface area contributed by atoms with Crippen LogP contribution in [0.5, 0.6) is 0 Å². The molecule has 1 heterocycles. The second-order valence-electron chi connectivity index (χ2n) is 5.81. The molecule has 0 aromatic carbocycles. The summed E-state index contributed by atoms with van der Waals surface area (Å²) in [6, 6.07) is 0. The van der Waals surface area contributed by atoms with Crippen LogP contribution in [0.2, 0.25) is 0 Å². The Hall–Kier alpha value is -1.43. The zero-order chi connectivity index (χ0) is 14.4. The van der Waals surface area contributed by atoms with Crippen LogP contribution in [0.1, 0.15) is 41.5 Å². The number of imide groups is 1. The molecule has 1 saturated heterocycles. The van der Waals surface area contributed by atoms with E-state index in [9.17, 15) is 14.4 Å². The van der Waals surface area contributed by atoms with Gasteiger partial charge in [0.1, 0.15) is 5.60 Å². The molecule has 6 heteroatoms. The minimum absolute atomic E-state index is 0.605. The first-order chi connectivity index (χ1) is 7.88. The maximum Gasteiger partial charge on any atom is 0.338 e. The summed E-state index contributed by atoms with van der Waals surface area (Å²) in [6.45, 7) is 8.81. The average Bonchev–Trinajstić information content (AvgIpc) is 2.14. The normalized spacial score (nSPS) is 26.4. The molecule has 0 atom stereocenters. The summed E-state index contributed by atoms with van der Waals surface area (Å²) in [5.41, 5.74) is -4.05. The maximum absolute atomic E-state index is 12.0. The van der Waals surface area contributed by atoms with E-state index in [1.807, 2.05) is 0 Å². The predicted molar refractivity (Wildman–Crippen MR) is 62.6 cm³/mol. The minimum atomic E-state index is -1.42. The van der Waals surface area contributed by atoms with Gasteiger partial charge in [-0.25, -0.2) is 4.79 Å². The predicted octanol–water partition coefficient (Wildman–Crippen LogP) is 0.538. The Labute approximate surface area is 106 Å². The summed E-state index contributed by atoms with van der Waals surface area (Å²) in [7, 11) is 0. The van der Waals surface area contributed by atoms with Gasteiger partial charge < -0.3 is 9.47 Å². The average molecular weight is 257 g/mol. The fraction of sp³-hybridized carbons (Fsp3) is 0.750. The zero-order valence-corrected chi connectivity index (χ0v) is 11.5. The Balaban J connectivity index is 3.23. The molecule has 0 bridgehead atoms. The molecule has 1 N–H and O–H groups in total. The van der Waals surface area contributed by atoms with E-state index in [0.717, 1.165) is 0 Å². The van der Waals surface area contributed by atoms with Crippen LogP contribution in [0.3, 0.4) is 0 Å². The van der Waals surface area contributed by atoms with E-state index in [2.05, 4.69) is 5.32 Å². The van der Waals surface area contributed by atoms with Crippen LogP contribution in [-0.2, 0) is 23.9 Å². The molecule has 0 radical (unpaired) electrons. The van der Waals surface area contributed by atoms with Crippen molar-refractivity contribution in [3.8, 4) is 0 Å². The number of nitrogens with one attached hydrogen (secondary N) is 1. The van der Waals surface area contributed by atoms with Gasteiger partial charge in [-0.2, -0.15) is 0 Å². The highest BCUT2D eigenvalue weighted by atomic mass is 16.6. The van der Waals surface area contributed by atoms with Crippen LogP contribution < -0.4 is 5.32 Å². The zero-order valence-electron chi connectivity index (χ0n) is 11.5. The first-order valence-corrected chi connectivity index (χ1v) is 5.68. The second-order valence-corrected chi connectivity index (χ2v) is 5.81. The lowest BCUT2D eigenvalue weighted by Crippen LogP contribution is -2.52. The number of amides is 2. The lowest BCUT2D eigenvalue weighted by atomic mass is 10.0. The van der Waals surface area contributed by atoms with Crippen LogP contribution >= 0.6 is 0 Å². The molecule has 0 saturated carbocycles. The lowest BCUT2D eigenvalue weighted by Gasteiger charge is -2.32. The quantitative estimate of drug-likeness (QED) is 0.506. The smallest absolute Gasteiger partial charge is 0.338 e. The number of hydrogen-bond acceptors (Lipinski definition) is 5.